The molecule has 0 unspecified atom stereocenters. The molecule has 5 rings (SSSR count). The van der Waals surface area contributed by atoms with Crippen LogP contribution in [-0.2, 0) is 11.3 Å². The molecule has 2 fully saturated rings. The molecular weight excluding hydrogens is 432 g/mol. The predicted molar refractivity (Wildman–Crippen MR) is 139 cm³/mol. The summed E-state index contributed by atoms with van der Waals surface area (Å²) in [6, 6.07) is 9.08. The fourth-order valence-corrected chi connectivity index (χ4v) is 6.08. The Hall–Kier alpha value is -2.42. The average Bonchev–Trinajstić information content (AvgIpc) is 3.12. The quantitative estimate of drug-likeness (QED) is 0.439. The second-order valence-corrected chi connectivity index (χ2v) is 10.4. The molecular formula is C25H34N6OS. The molecule has 1 aromatic carbocycles. The smallest absolute Gasteiger partial charge is 0.0960 e. The van der Waals surface area contributed by atoms with Crippen LogP contribution in [0.3, 0.4) is 0 Å². The number of hydrogen-bond donors (Lipinski definition) is 2. The lowest BCUT2D eigenvalue weighted by Gasteiger charge is -2.29. The first-order valence-corrected chi connectivity index (χ1v) is 13.0. The molecule has 0 radical (unpaired) electrons. The van der Waals surface area contributed by atoms with Gasteiger partial charge in [0.25, 0.3) is 0 Å². The van der Waals surface area contributed by atoms with Crippen molar-refractivity contribution in [1.82, 2.24) is 14.6 Å². The first-order valence-electron chi connectivity index (χ1n) is 11.8. The normalized spacial score (nSPS) is 18.7. The van der Waals surface area contributed by atoms with E-state index in [0.29, 0.717) is 11.6 Å². The topological polar surface area (TPSA) is 85.6 Å². The molecule has 0 bridgehead atoms. The molecule has 4 N–H and O–H groups in total. The van der Waals surface area contributed by atoms with Gasteiger partial charge >= 0.3 is 0 Å². The van der Waals surface area contributed by atoms with Gasteiger partial charge in [-0.2, -0.15) is 11.8 Å². The number of pyridine rings is 1. The lowest BCUT2D eigenvalue weighted by atomic mass is 10.0. The van der Waals surface area contributed by atoms with Gasteiger partial charge in [0.2, 0.25) is 0 Å². The second-order valence-electron chi connectivity index (χ2n) is 9.20. The highest BCUT2D eigenvalue weighted by atomic mass is 32.2. The molecule has 176 valence electrons. The number of benzene rings is 1. The second kappa shape index (κ2) is 9.44. The van der Waals surface area contributed by atoms with Crippen LogP contribution in [-0.4, -0.2) is 59.4 Å². The number of allylic oxidation sites excluding steroid dienone is 1. The molecule has 8 heteroatoms. The molecule has 2 saturated heterocycles. The molecule has 2 aromatic heterocycles. The van der Waals surface area contributed by atoms with Crippen molar-refractivity contribution in [1.29, 1.82) is 0 Å². The van der Waals surface area contributed by atoms with E-state index in [1.54, 1.807) is 5.01 Å². The van der Waals surface area contributed by atoms with Crippen LogP contribution >= 0.6 is 11.8 Å². The van der Waals surface area contributed by atoms with E-state index < -0.39 is 0 Å². The van der Waals surface area contributed by atoms with Crippen molar-refractivity contribution in [2.45, 2.75) is 26.3 Å². The number of anilines is 1. The summed E-state index contributed by atoms with van der Waals surface area (Å²) in [5.41, 5.74) is 13.3. The number of aromatic nitrogens is 2. The van der Waals surface area contributed by atoms with Crippen LogP contribution in [0.25, 0.3) is 27.6 Å². The summed E-state index contributed by atoms with van der Waals surface area (Å²) in [7, 11) is 1.82. The molecule has 0 amide bonds. The molecule has 0 atom stereocenters. The number of ether oxygens (including phenoxy) is 1. The molecule has 33 heavy (non-hydrogen) atoms. The monoisotopic (exact) mass is 466 g/mol. The van der Waals surface area contributed by atoms with Crippen molar-refractivity contribution in [2.24, 2.45) is 17.5 Å². The third kappa shape index (κ3) is 4.39. The fraction of sp³-hybridized carbons (Fsp3) is 0.480. The van der Waals surface area contributed by atoms with Crippen LogP contribution in [0.15, 0.2) is 36.2 Å². The number of rotatable bonds is 5. The van der Waals surface area contributed by atoms with E-state index in [4.69, 9.17) is 21.3 Å². The van der Waals surface area contributed by atoms with Gasteiger partial charge in [-0.15, -0.1) is 0 Å². The minimum Gasteiger partial charge on any atom is -0.401 e. The Morgan fingerprint density at radius 2 is 1.94 bits per heavy atom. The third-order valence-electron chi connectivity index (χ3n) is 6.84. The Kier molecular flexibility index (Phi) is 6.40. The van der Waals surface area contributed by atoms with Crippen LogP contribution < -0.4 is 16.5 Å². The first kappa shape index (κ1) is 22.4. The summed E-state index contributed by atoms with van der Waals surface area (Å²) in [6.07, 6.45) is 4.08. The summed E-state index contributed by atoms with van der Waals surface area (Å²) in [5.74, 6) is 9.09. The Morgan fingerprint density at radius 1 is 1.18 bits per heavy atom. The van der Waals surface area contributed by atoms with Crippen molar-refractivity contribution < 1.29 is 4.74 Å². The number of nitrogens with two attached hydrogens (primary N) is 2. The summed E-state index contributed by atoms with van der Waals surface area (Å²) >= 11 is 2.04. The zero-order valence-electron chi connectivity index (χ0n) is 19.6. The van der Waals surface area contributed by atoms with E-state index in [2.05, 4.69) is 33.7 Å². The van der Waals surface area contributed by atoms with Crippen molar-refractivity contribution >= 4 is 45.1 Å². The molecule has 7 nitrogen and oxygen atoms in total. The SMILES string of the molecule is C/C(N)=C(\c1cnc2c3ccc(N4CCSCC4)cc3n(CC3CCOCC3)c2c1)N(C)N. The van der Waals surface area contributed by atoms with E-state index in [0.717, 1.165) is 68.0 Å². The van der Waals surface area contributed by atoms with E-state index in [-0.39, 0.29) is 0 Å². The number of hydrazine groups is 1. The summed E-state index contributed by atoms with van der Waals surface area (Å²) in [5, 5.41) is 2.78. The minimum absolute atomic E-state index is 0.597. The van der Waals surface area contributed by atoms with E-state index >= 15 is 0 Å². The van der Waals surface area contributed by atoms with Gasteiger partial charge in [0, 0.05) is 79.9 Å². The zero-order chi connectivity index (χ0) is 22.9. The average molecular weight is 467 g/mol. The Labute approximate surface area is 199 Å². The number of fused-ring (bicyclic) bond motifs is 3. The van der Waals surface area contributed by atoms with Crippen LogP contribution in [0.4, 0.5) is 5.69 Å². The van der Waals surface area contributed by atoms with Crippen molar-refractivity contribution in [3.63, 3.8) is 0 Å². The van der Waals surface area contributed by atoms with Gasteiger partial charge < -0.3 is 24.9 Å². The van der Waals surface area contributed by atoms with E-state index in [1.165, 1.54) is 28.1 Å². The summed E-state index contributed by atoms with van der Waals surface area (Å²) < 4.78 is 8.10. The molecule has 2 aliphatic heterocycles. The first-order chi connectivity index (χ1) is 16.0. The van der Waals surface area contributed by atoms with Gasteiger partial charge in [-0.3, -0.25) is 4.98 Å². The van der Waals surface area contributed by atoms with Crippen molar-refractivity contribution in [3.8, 4) is 0 Å². The molecule has 0 aliphatic carbocycles. The lowest BCUT2D eigenvalue weighted by Crippen LogP contribution is -2.32. The molecule has 2 aliphatic rings. The standard InChI is InChI=1S/C25H34N6OS/c1-17(26)25(29(2)27)19-13-23-24(28-15-19)21-4-3-20(30-7-11-33-12-8-30)14-22(21)31(23)16-18-5-9-32-10-6-18/h3-4,13-15,18H,5-12,16,26-27H2,1-2H3/b25-17-. The largest absolute Gasteiger partial charge is 0.401 e. The lowest BCUT2D eigenvalue weighted by molar-refractivity contribution is 0.0620. The van der Waals surface area contributed by atoms with Crippen molar-refractivity contribution in [2.75, 3.05) is 49.8 Å². The van der Waals surface area contributed by atoms with Crippen LogP contribution in [0.1, 0.15) is 25.3 Å². The predicted octanol–water partition coefficient (Wildman–Crippen LogP) is 3.62. The Bertz CT molecular complexity index is 1170. The summed E-state index contributed by atoms with van der Waals surface area (Å²) in [6.45, 7) is 6.74. The highest BCUT2D eigenvalue weighted by molar-refractivity contribution is 7.99. The van der Waals surface area contributed by atoms with Gasteiger partial charge in [0.15, 0.2) is 0 Å². The summed E-state index contributed by atoms with van der Waals surface area (Å²) in [4.78, 5) is 7.42. The number of nitrogens with zero attached hydrogens (tertiary/aromatic N) is 4. The van der Waals surface area contributed by atoms with Gasteiger partial charge in [-0.25, -0.2) is 5.84 Å². The molecule has 0 spiro atoms. The Balaban J connectivity index is 1.67. The maximum absolute atomic E-state index is 6.18. The molecule has 4 heterocycles. The van der Waals surface area contributed by atoms with Gasteiger partial charge in [0.1, 0.15) is 0 Å². The fourth-order valence-electron chi connectivity index (χ4n) is 5.18. The maximum atomic E-state index is 6.18. The van der Waals surface area contributed by atoms with Gasteiger partial charge in [-0.05, 0) is 49.9 Å². The van der Waals surface area contributed by atoms with Gasteiger partial charge in [0.05, 0.1) is 22.2 Å². The van der Waals surface area contributed by atoms with Crippen LogP contribution in [0.5, 0.6) is 0 Å². The Morgan fingerprint density at radius 3 is 2.64 bits per heavy atom. The van der Waals surface area contributed by atoms with E-state index in [1.807, 2.05) is 31.9 Å². The highest BCUT2D eigenvalue weighted by Crippen LogP contribution is 2.34. The molecule has 3 aromatic rings. The van der Waals surface area contributed by atoms with Gasteiger partial charge in [-0.1, -0.05) is 0 Å². The zero-order valence-corrected chi connectivity index (χ0v) is 20.4. The number of thioether (sulfide) groups is 1. The highest BCUT2D eigenvalue weighted by Gasteiger charge is 2.21. The van der Waals surface area contributed by atoms with Crippen LogP contribution in [0.2, 0.25) is 0 Å². The molecule has 0 saturated carbocycles. The number of hydrogen-bond acceptors (Lipinski definition) is 7. The van der Waals surface area contributed by atoms with Crippen molar-refractivity contribution in [3.05, 3.63) is 41.7 Å². The third-order valence-corrected chi connectivity index (χ3v) is 7.79. The van der Waals surface area contributed by atoms with E-state index in [9.17, 15) is 0 Å². The minimum atomic E-state index is 0.597. The maximum Gasteiger partial charge on any atom is 0.0960 e. The van der Waals surface area contributed by atoms with Crippen LogP contribution in [0, 0.1) is 5.92 Å².